The fraction of sp³-hybridized carbons (Fsp3) is 0.500. The smallest absolute Gasteiger partial charge is 0.407 e. The van der Waals surface area contributed by atoms with Gasteiger partial charge in [0.25, 0.3) is 0 Å². The summed E-state index contributed by atoms with van der Waals surface area (Å²) in [6.07, 6.45) is -1.66. The Labute approximate surface area is 140 Å². The van der Waals surface area contributed by atoms with Crippen LogP contribution in [-0.4, -0.2) is 71.6 Å². The van der Waals surface area contributed by atoms with Crippen LogP contribution in [0.1, 0.15) is 12.0 Å². The summed E-state index contributed by atoms with van der Waals surface area (Å²) in [5.41, 5.74) is 0.867. The molecule has 1 aliphatic heterocycles. The van der Waals surface area contributed by atoms with E-state index in [4.69, 9.17) is 14.6 Å². The molecule has 1 aromatic rings. The van der Waals surface area contributed by atoms with Crippen LogP contribution in [0, 0.1) is 6.92 Å². The Bertz CT molecular complexity index is 606. The molecule has 8 heteroatoms. The van der Waals surface area contributed by atoms with Crippen molar-refractivity contribution in [2.75, 3.05) is 33.4 Å². The second kappa shape index (κ2) is 7.76. The van der Waals surface area contributed by atoms with Gasteiger partial charge < -0.3 is 29.5 Å². The summed E-state index contributed by atoms with van der Waals surface area (Å²) in [5, 5.41) is 18.4. The lowest BCUT2D eigenvalue weighted by atomic mass is 10.1. The van der Waals surface area contributed by atoms with E-state index in [9.17, 15) is 14.7 Å². The molecule has 0 aliphatic carbocycles. The van der Waals surface area contributed by atoms with Gasteiger partial charge in [0, 0.05) is 31.6 Å². The summed E-state index contributed by atoms with van der Waals surface area (Å²) in [5.74, 6) is 1.39. The SMILES string of the molecule is COc1cccc(OCC[C@@H]2CN(C(=O)O)CCN2C(=O)O)c1C. The van der Waals surface area contributed by atoms with Crippen LogP contribution in [0.5, 0.6) is 11.5 Å². The first-order valence-electron chi connectivity index (χ1n) is 7.68. The van der Waals surface area contributed by atoms with Crippen LogP contribution >= 0.6 is 0 Å². The first kappa shape index (κ1) is 17.7. The van der Waals surface area contributed by atoms with Gasteiger partial charge in [-0.15, -0.1) is 0 Å². The summed E-state index contributed by atoms with van der Waals surface area (Å²) in [6.45, 7) is 2.68. The van der Waals surface area contributed by atoms with E-state index >= 15 is 0 Å². The molecule has 0 aromatic heterocycles. The topological polar surface area (TPSA) is 99.5 Å². The zero-order chi connectivity index (χ0) is 17.7. The molecule has 2 amide bonds. The number of rotatable bonds is 5. The fourth-order valence-electron chi connectivity index (χ4n) is 2.80. The van der Waals surface area contributed by atoms with E-state index in [2.05, 4.69) is 0 Å². The minimum atomic E-state index is -1.04. The molecule has 24 heavy (non-hydrogen) atoms. The van der Waals surface area contributed by atoms with Crippen molar-refractivity contribution in [2.24, 2.45) is 0 Å². The molecule has 1 aliphatic rings. The van der Waals surface area contributed by atoms with E-state index < -0.39 is 18.2 Å². The molecule has 1 atom stereocenters. The second-order valence-electron chi connectivity index (χ2n) is 5.58. The molecule has 1 aromatic carbocycles. The highest BCUT2D eigenvalue weighted by atomic mass is 16.5. The zero-order valence-corrected chi connectivity index (χ0v) is 13.8. The van der Waals surface area contributed by atoms with Crippen molar-refractivity contribution in [1.82, 2.24) is 9.80 Å². The molecule has 2 N–H and O–H groups in total. The van der Waals surface area contributed by atoms with Crippen molar-refractivity contribution in [3.63, 3.8) is 0 Å². The first-order chi connectivity index (χ1) is 11.4. The number of piperazine rings is 1. The highest BCUT2D eigenvalue weighted by Crippen LogP contribution is 2.27. The van der Waals surface area contributed by atoms with Crippen LogP contribution < -0.4 is 9.47 Å². The van der Waals surface area contributed by atoms with Crippen molar-refractivity contribution in [3.05, 3.63) is 23.8 Å². The fourth-order valence-corrected chi connectivity index (χ4v) is 2.80. The van der Waals surface area contributed by atoms with Gasteiger partial charge in [-0.3, -0.25) is 0 Å². The van der Waals surface area contributed by atoms with E-state index in [0.717, 1.165) is 11.3 Å². The van der Waals surface area contributed by atoms with Gasteiger partial charge in [-0.25, -0.2) is 9.59 Å². The Balaban J connectivity index is 1.97. The molecular formula is C16H22N2O6. The summed E-state index contributed by atoms with van der Waals surface area (Å²) in [4.78, 5) is 24.9. The third kappa shape index (κ3) is 4.01. The average molecular weight is 338 g/mol. The first-order valence-corrected chi connectivity index (χ1v) is 7.68. The molecule has 132 valence electrons. The monoisotopic (exact) mass is 338 g/mol. The summed E-state index contributed by atoms with van der Waals surface area (Å²) in [7, 11) is 1.58. The van der Waals surface area contributed by atoms with Crippen molar-refractivity contribution >= 4 is 12.2 Å². The van der Waals surface area contributed by atoms with E-state index in [1.807, 2.05) is 25.1 Å². The highest BCUT2D eigenvalue weighted by molar-refractivity contribution is 5.68. The van der Waals surface area contributed by atoms with E-state index in [1.165, 1.54) is 9.80 Å². The number of carbonyl (C=O) groups is 2. The standard InChI is InChI=1S/C16H22N2O6/c1-11-13(23-2)4-3-5-14(11)24-9-6-12-10-17(15(19)20)7-8-18(12)16(21)22/h3-5,12H,6-10H2,1-2H3,(H,19,20)(H,21,22)/t12-/m1/s1. The molecule has 1 fully saturated rings. The van der Waals surface area contributed by atoms with Gasteiger partial charge in [-0.2, -0.15) is 0 Å². The maximum Gasteiger partial charge on any atom is 0.407 e. The van der Waals surface area contributed by atoms with Gasteiger partial charge in [-0.05, 0) is 19.1 Å². The maximum atomic E-state index is 11.3. The molecule has 1 heterocycles. The third-order valence-corrected chi connectivity index (χ3v) is 4.16. The molecule has 1 saturated heterocycles. The number of methoxy groups -OCH3 is 1. The molecular weight excluding hydrogens is 316 g/mol. The Morgan fingerprint density at radius 2 is 1.92 bits per heavy atom. The average Bonchev–Trinajstić information content (AvgIpc) is 2.56. The normalized spacial score (nSPS) is 17.5. The van der Waals surface area contributed by atoms with Crippen LogP contribution in [0.2, 0.25) is 0 Å². The summed E-state index contributed by atoms with van der Waals surface area (Å²) in [6, 6.07) is 5.05. The Morgan fingerprint density at radius 1 is 1.21 bits per heavy atom. The summed E-state index contributed by atoms with van der Waals surface area (Å²) >= 11 is 0. The number of nitrogens with zero attached hydrogens (tertiary/aromatic N) is 2. The second-order valence-corrected chi connectivity index (χ2v) is 5.58. The summed E-state index contributed by atoms with van der Waals surface area (Å²) < 4.78 is 11.0. The van der Waals surface area contributed by atoms with Crippen LogP contribution in [0.15, 0.2) is 18.2 Å². The van der Waals surface area contributed by atoms with E-state index in [-0.39, 0.29) is 26.2 Å². The number of hydrogen-bond acceptors (Lipinski definition) is 4. The van der Waals surface area contributed by atoms with Gasteiger partial charge in [0.05, 0.1) is 19.8 Å². The van der Waals surface area contributed by atoms with E-state index in [1.54, 1.807) is 7.11 Å². The van der Waals surface area contributed by atoms with Gasteiger partial charge in [-0.1, -0.05) is 6.07 Å². The molecule has 2 rings (SSSR count). The minimum Gasteiger partial charge on any atom is -0.496 e. The largest absolute Gasteiger partial charge is 0.496 e. The predicted molar refractivity (Wildman–Crippen MR) is 86.0 cm³/mol. The van der Waals surface area contributed by atoms with Crippen LogP contribution in [0.3, 0.4) is 0 Å². The van der Waals surface area contributed by atoms with Gasteiger partial charge in [0.2, 0.25) is 0 Å². The Morgan fingerprint density at radius 3 is 2.54 bits per heavy atom. The van der Waals surface area contributed by atoms with Gasteiger partial charge >= 0.3 is 12.2 Å². The quantitative estimate of drug-likeness (QED) is 0.853. The highest BCUT2D eigenvalue weighted by Gasteiger charge is 2.32. The van der Waals surface area contributed by atoms with Crippen molar-refractivity contribution < 1.29 is 29.3 Å². The van der Waals surface area contributed by atoms with Crippen molar-refractivity contribution in [3.8, 4) is 11.5 Å². The van der Waals surface area contributed by atoms with Gasteiger partial charge in [0.15, 0.2) is 0 Å². The molecule has 8 nitrogen and oxygen atoms in total. The van der Waals surface area contributed by atoms with Crippen LogP contribution in [-0.2, 0) is 0 Å². The number of hydrogen-bond donors (Lipinski definition) is 2. The van der Waals surface area contributed by atoms with Crippen LogP contribution in [0.25, 0.3) is 0 Å². The predicted octanol–water partition coefficient (Wildman–Crippen LogP) is 2.11. The van der Waals surface area contributed by atoms with E-state index in [0.29, 0.717) is 12.2 Å². The molecule has 0 spiro atoms. The minimum absolute atomic E-state index is 0.155. The van der Waals surface area contributed by atoms with Crippen molar-refractivity contribution in [2.45, 2.75) is 19.4 Å². The number of amides is 2. The zero-order valence-electron chi connectivity index (χ0n) is 13.8. The lowest BCUT2D eigenvalue weighted by molar-refractivity contribution is 0.0562. The third-order valence-electron chi connectivity index (χ3n) is 4.16. The lowest BCUT2D eigenvalue weighted by Gasteiger charge is -2.38. The Kier molecular flexibility index (Phi) is 5.73. The van der Waals surface area contributed by atoms with Gasteiger partial charge in [0.1, 0.15) is 11.5 Å². The number of ether oxygens (including phenoxy) is 2. The maximum absolute atomic E-state index is 11.3. The van der Waals surface area contributed by atoms with Crippen molar-refractivity contribution in [1.29, 1.82) is 0 Å². The van der Waals surface area contributed by atoms with Crippen LogP contribution in [0.4, 0.5) is 9.59 Å². The number of benzene rings is 1. The molecule has 0 saturated carbocycles. The molecule has 0 radical (unpaired) electrons. The molecule has 0 unspecified atom stereocenters. The molecule has 0 bridgehead atoms. The lowest BCUT2D eigenvalue weighted by Crippen LogP contribution is -2.56. The Hall–Kier alpha value is -2.64. The number of carboxylic acid groups (broad SMARTS) is 2.